The Morgan fingerprint density at radius 2 is 1.79 bits per heavy atom. The lowest BCUT2D eigenvalue weighted by atomic mass is 9.80. The summed E-state index contributed by atoms with van der Waals surface area (Å²) >= 11 is 1.74. The Morgan fingerprint density at radius 1 is 1.08 bits per heavy atom. The molecule has 1 N–H and O–H groups in total. The first-order valence-electron chi connectivity index (χ1n) is 8.29. The van der Waals surface area contributed by atoms with Gasteiger partial charge in [0, 0.05) is 26.3 Å². The molecule has 24 heavy (non-hydrogen) atoms. The topological polar surface area (TPSA) is 38.7 Å². The second-order valence-corrected chi connectivity index (χ2v) is 7.82. The monoisotopic (exact) mass is 338 g/mol. The highest BCUT2D eigenvalue weighted by atomic mass is 32.1. The van der Waals surface area contributed by atoms with E-state index >= 15 is 0 Å². The third-order valence-electron chi connectivity index (χ3n) is 5.15. The Balaban J connectivity index is 1.88. The number of benzene rings is 2. The van der Waals surface area contributed by atoms with Gasteiger partial charge in [0.05, 0.1) is 0 Å². The predicted octanol–water partition coefficient (Wildman–Crippen LogP) is 4.54. The van der Waals surface area contributed by atoms with E-state index in [0.717, 1.165) is 38.5 Å². The summed E-state index contributed by atoms with van der Waals surface area (Å²) in [5.74, 6) is 1.56. The van der Waals surface area contributed by atoms with Gasteiger partial charge >= 0.3 is 0 Å². The van der Waals surface area contributed by atoms with Crippen LogP contribution in [0.3, 0.4) is 0 Å². The van der Waals surface area contributed by atoms with Crippen molar-refractivity contribution in [2.45, 2.75) is 19.4 Å². The van der Waals surface area contributed by atoms with Crippen molar-refractivity contribution >= 4 is 21.4 Å². The van der Waals surface area contributed by atoms with Crippen LogP contribution >= 0.6 is 11.3 Å². The molecule has 2 heterocycles. The summed E-state index contributed by atoms with van der Waals surface area (Å²) in [5, 5.41) is 12.9. The summed E-state index contributed by atoms with van der Waals surface area (Å²) in [5.41, 5.74) is 2.05. The minimum atomic E-state index is -1.000. The van der Waals surface area contributed by atoms with Crippen LogP contribution in [-0.4, -0.2) is 18.3 Å². The Kier molecular flexibility index (Phi) is 2.83. The van der Waals surface area contributed by atoms with E-state index in [1.54, 1.807) is 11.3 Å². The van der Waals surface area contributed by atoms with Gasteiger partial charge in [-0.05, 0) is 29.5 Å². The molecule has 1 aliphatic carbocycles. The fourth-order valence-electron chi connectivity index (χ4n) is 3.94. The summed E-state index contributed by atoms with van der Waals surface area (Å²) in [4.78, 5) is 1.15. The number of ether oxygens (including phenoxy) is 2. The molecule has 2 aliphatic rings. The molecule has 0 amide bonds. The van der Waals surface area contributed by atoms with Gasteiger partial charge in [-0.2, -0.15) is 0 Å². The lowest BCUT2D eigenvalue weighted by Crippen LogP contribution is -2.31. The number of aliphatic hydroxyl groups is 1. The first kappa shape index (κ1) is 14.3. The maximum Gasteiger partial charge on any atom is 0.162 e. The molecule has 0 saturated heterocycles. The molecule has 0 bridgehead atoms. The zero-order valence-electron chi connectivity index (χ0n) is 13.6. The van der Waals surface area contributed by atoms with E-state index in [2.05, 4.69) is 26.0 Å². The van der Waals surface area contributed by atoms with Gasteiger partial charge in [0.25, 0.3) is 0 Å². The normalized spacial score (nSPS) is 21.2. The summed E-state index contributed by atoms with van der Waals surface area (Å²) in [6.07, 6.45) is 0. The molecule has 0 radical (unpaired) electrons. The van der Waals surface area contributed by atoms with Gasteiger partial charge in [-0.15, -0.1) is 11.3 Å². The van der Waals surface area contributed by atoms with Crippen LogP contribution in [0.2, 0.25) is 0 Å². The summed E-state index contributed by atoms with van der Waals surface area (Å²) < 4.78 is 12.7. The maximum absolute atomic E-state index is 11.8. The highest BCUT2D eigenvalue weighted by Crippen LogP contribution is 2.58. The number of rotatable bonds is 1. The van der Waals surface area contributed by atoms with Crippen molar-refractivity contribution < 1.29 is 14.6 Å². The van der Waals surface area contributed by atoms with Crippen molar-refractivity contribution in [3.05, 3.63) is 47.5 Å². The van der Waals surface area contributed by atoms with Gasteiger partial charge in [0.1, 0.15) is 18.8 Å². The second kappa shape index (κ2) is 4.74. The summed E-state index contributed by atoms with van der Waals surface area (Å²) in [6.45, 7) is 5.26. The minimum Gasteiger partial charge on any atom is -0.486 e. The zero-order chi connectivity index (χ0) is 16.5. The summed E-state index contributed by atoms with van der Waals surface area (Å²) in [6, 6.07) is 12.3. The van der Waals surface area contributed by atoms with Crippen LogP contribution in [0, 0.1) is 5.92 Å². The van der Waals surface area contributed by atoms with E-state index in [9.17, 15) is 5.11 Å². The molecule has 1 aromatic heterocycles. The van der Waals surface area contributed by atoms with Crippen LogP contribution in [0.25, 0.3) is 20.5 Å². The first-order valence-corrected chi connectivity index (χ1v) is 9.11. The molecule has 3 nitrogen and oxygen atoms in total. The molecule has 3 aromatic rings. The molecular weight excluding hydrogens is 320 g/mol. The van der Waals surface area contributed by atoms with Crippen LogP contribution in [0.5, 0.6) is 11.5 Å². The van der Waals surface area contributed by atoms with Crippen LogP contribution in [0.1, 0.15) is 25.0 Å². The van der Waals surface area contributed by atoms with Crippen molar-refractivity contribution in [3.63, 3.8) is 0 Å². The lowest BCUT2D eigenvalue weighted by molar-refractivity contribution is 0.0374. The highest BCUT2D eigenvalue weighted by Gasteiger charge is 2.47. The van der Waals surface area contributed by atoms with E-state index < -0.39 is 5.60 Å². The van der Waals surface area contributed by atoms with Gasteiger partial charge in [0.15, 0.2) is 11.5 Å². The molecule has 0 saturated carbocycles. The van der Waals surface area contributed by atoms with E-state index in [1.165, 1.54) is 4.70 Å². The molecule has 1 aliphatic heterocycles. The molecule has 0 spiro atoms. The lowest BCUT2D eigenvalue weighted by Gasteiger charge is -2.31. The molecule has 1 unspecified atom stereocenters. The summed E-state index contributed by atoms with van der Waals surface area (Å²) in [7, 11) is 0. The maximum atomic E-state index is 11.8. The number of hydrogen-bond acceptors (Lipinski definition) is 4. The Hall–Kier alpha value is -2.04. The van der Waals surface area contributed by atoms with Crippen molar-refractivity contribution in [1.29, 1.82) is 0 Å². The van der Waals surface area contributed by atoms with Gasteiger partial charge in [-0.1, -0.05) is 32.0 Å². The molecule has 122 valence electrons. The number of fused-ring (bicyclic) bond motifs is 6. The molecule has 4 heteroatoms. The van der Waals surface area contributed by atoms with Crippen molar-refractivity contribution in [2.24, 2.45) is 5.92 Å². The Morgan fingerprint density at radius 3 is 2.54 bits per heavy atom. The van der Waals surface area contributed by atoms with Crippen molar-refractivity contribution in [1.82, 2.24) is 0 Å². The fraction of sp³-hybridized carbons (Fsp3) is 0.300. The number of thiophene rings is 1. The van der Waals surface area contributed by atoms with Crippen LogP contribution < -0.4 is 9.47 Å². The van der Waals surface area contributed by atoms with Gasteiger partial charge in [-0.25, -0.2) is 0 Å². The average molecular weight is 338 g/mol. The molecule has 1 atom stereocenters. The van der Waals surface area contributed by atoms with E-state index in [0.29, 0.717) is 13.2 Å². The number of hydrogen-bond donors (Lipinski definition) is 1. The van der Waals surface area contributed by atoms with Crippen molar-refractivity contribution in [2.75, 3.05) is 13.2 Å². The Bertz CT molecular complexity index is 972. The first-order chi connectivity index (χ1) is 11.6. The SMILES string of the molecule is CC(C)C1(O)c2cc3c(cc2-c2sc4ccccc4c21)OCCO3. The average Bonchev–Trinajstić information content (AvgIpc) is 3.09. The second-order valence-electron chi connectivity index (χ2n) is 6.76. The van der Waals surface area contributed by atoms with Crippen LogP contribution in [0.4, 0.5) is 0 Å². The van der Waals surface area contributed by atoms with E-state index in [-0.39, 0.29) is 5.92 Å². The van der Waals surface area contributed by atoms with Crippen molar-refractivity contribution in [3.8, 4) is 21.9 Å². The van der Waals surface area contributed by atoms with E-state index in [4.69, 9.17) is 9.47 Å². The van der Waals surface area contributed by atoms with Gasteiger partial charge in [-0.3, -0.25) is 0 Å². The third kappa shape index (κ3) is 1.65. The van der Waals surface area contributed by atoms with Crippen LogP contribution in [0.15, 0.2) is 36.4 Å². The quantitative estimate of drug-likeness (QED) is 0.708. The molecular formula is C20H18O3S. The van der Waals surface area contributed by atoms with Gasteiger partial charge in [0.2, 0.25) is 0 Å². The minimum absolute atomic E-state index is 0.0538. The standard InChI is InChI=1S/C20H18O3S/c1-11(2)20(21)14-10-16-15(22-7-8-23-16)9-13(14)19-18(20)12-5-3-4-6-17(12)24-19/h3-6,9-11,21H,7-8H2,1-2H3. The fourth-order valence-corrected chi connectivity index (χ4v) is 5.23. The molecule has 2 aromatic carbocycles. The Labute approximate surface area is 144 Å². The van der Waals surface area contributed by atoms with Crippen LogP contribution in [-0.2, 0) is 5.60 Å². The van der Waals surface area contributed by atoms with E-state index in [1.807, 2.05) is 24.3 Å². The highest BCUT2D eigenvalue weighted by molar-refractivity contribution is 7.22. The predicted molar refractivity (Wildman–Crippen MR) is 96.1 cm³/mol. The third-order valence-corrected chi connectivity index (χ3v) is 6.35. The molecule has 0 fully saturated rings. The smallest absolute Gasteiger partial charge is 0.162 e. The largest absolute Gasteiger partial charge is 0.486 e. The zero-order valence-corrected chi connectivity index (χ0v) is 14.4. The molecule has 5 rings (SSSR count). The van der Waals surface area contributed by atoms with Gasteiger partial charge < -0.3 is 14.6 Å².